The molecule has 0 saturated heterocycles. The lowest BCUT2D eigenvalue weighted by Crippen LogP contribution is -2.47. The van der Waals surface area contributed by atoms with Crippen molar-refractivity contribution in [3.63, 3.8) is 0 Å². The molecule has 0 heterocycles. The molecule has 0 spiro atoms. The summed E-state index contributed by atoms with van der Waals surface area (Å²) in [4.78, 5) is 0. The van der Waals surface area contributed by atoms with Crippen LogP contribution >= 0.6 is 11.8 Å². The Bertz CT molecular complexity index is 207. The van der Waals surface area contributed by atoms with Crippen molar-refractivity contribution in [1.29, 1.82) is 5.26 Å². The maximum Gasteiger partial charge on any atom is 0.101 e. The number of nitrogens with one attached hydrogen (secondary N) is 1. The maximum absolute atomic E-state index is 8.89. The second kappa shape index (κ2) is 4.34. The number of hydrogen-bond acceptors (Lipinski definition) is 3. The van der Waals surface area contributed by atoms with E-state index in [1.54, 1.807) is 0 Å². The van der Waals surface area contributed by atoms with Crippen LogP contribution in [0, 0.1) is 11.3 Å². The molecule has 0 aromatic rings. The van der Waals surface area contributed by atoms with Gasteiger partial charge in [-0.05, 0) is 32.9 Å². The van der Waals surface area contributed by atoms with Crippen molar-refractivity contribution < 1.29 is 0 Å². The van der Waals surface area contributed by atoms with Gasteiger partial charge in [0, 0.05) is 11.3 Å². The van der Waals surface area contributed by atoms with Crippen LogP contribution < -0.4 is 5.32 Å². The third-order valence-electron chi connectivity index (χ3n) is 2.58. The monoisotopic (exact) mass is 198 g/mol. The van der Waals surface area contributed by atoms with Crippen LogP contribution in [0.1, 0.15) is 33.1 Å². The van der Waals surface area contributed by atoms with E-state index in [1.807, 2.05) is 25.6 Å². The molecule has 1 aliphatic rings. The molecule has 3 heteroatoms. The molecule has 1 rings (SSSR count). The van der Waals surface area contributed by atoms with Crippen LogP contribution in [0.5, 0.6) is 0 Å². The molecule has 74 valence electrons. The molecule has 2 unspecified atom stereocenters. The van der Waals surface area contributed by atoms with E-state index in [4.69, 9.17) is 5.26 Å². The average Bonchev–Trinajstić information content (AvgIpc) is 2.51. The van der Waals surface area contributed by atoms with Crippen LogP contribution in [0.4, 0.5) is 0 Å². The lowest BCUT2D eigenvalue weighted by molar-refractivity contribution is 0.409. The summed E-state index contributed by atoms with van der Waals surface area (Å²) in [6.45, 7) is 3.89. The van der Waals surface area contributed by atoms with E-state index in [1.165, 1.54) is 19.3 Å². The average molecular weight is 198 g/mol. The van der Waals surface area contributed by atoms with Gasteiger partial charge in [-0.25, -0.2) is 0 Å². The summed E-state index contributed by atoms with van der Waals surface area (Å²) in [5, 5.41) is 13.0. The van der Waals surface area contributed by atoms with E-state index in [-0.39, 0.29) is 5.54 Å². The van der Waals surface area contributed by atoms with E-state index >= 15 is 0 Å². The smallest absolute Gasteiger partial charge is 0.101 e. The molecule has 2 nitrogen and oxygen atoms in total. The van der Waals surface area contributed by atoms with Gasteiger partial charge >= 0.3 is 0 Å². The summed E-state index contributed by atoms with van der Waals surface area (Å²) in [5.41, 5.74) is -0.372. The summed E-state index contributed by atoms with van der Waals surface area (Å²) >= 11 is 1.92. The van der Waals surface area contributed by atoms with Crippen LogP contribution in [0.25, 0.3) is 0 Å². The summed E-state index contributed by atoms with van der Waals surface area (Å²) < 4.78 is 0. The van der Waals surface area contributed by atoms with Crippen LogP contribution in [0.15, 0.2) is 0 Å². The van der Waals surface area contributed by atoms with E-state index in [0.717, 1.165) is 0 Å². The van der Waals surface area contributed by atoms with Gasteiger partial charge in [0.25, 0.3) is 0 Å². The van der Waals surface area contributed by atoms with E-state index in [2.05, 4.69) is 17.6 Å². The van der Waals surface area contributed by atoms with Crippen molar-refractivity contribution in [3.8, 4) is 6.07 Å². The molecular weight excluding hydrogens is 180 g/mol. The topological polar surface area (TPSA) is 35.8 Å². The normalized spacial score (nSPS) is 28.8. The molecule has 0 aliphatic heterocycles. The van der Waals surface area contributed by atoms with Crippen molar-refractivity contribution >= 4 is 11.8 Å². The summed E-state index contributed by atoms with van der Waals surface area (Å²) in [6.07, 6.45) is 5.96. The molecule has 1 fully saturated rings. The zero-order valence-electron chi connectivity index (χ0n) is 8.63. The minimum Gasteiger partial charge on any atom is -0.296 e. The summed E-state index contributed by atoms with van der Waals surface area (Å²) in [5.74, 6) is 0. The third kappa shape index (κ3) is 2.89. The first-order chi connectivity index (χ1) is 6.09. The molecule has 2 atom stereocenters. The molecule has 13 heavy (non-hydrogen) atoms. The Hall–Kier alpha value is -0.200. The molecule has 0 bridgehead atoms. The van der Waals surface area contributed by atoms with Gasteiger partial charge in [0.2, 0.25) is 0 Å². The van der Waals surface area contributed by atoms with Gasteiger partial charge in [-0.3, -0.25) is 5.32 Å². The van der Waals surface area contributed by atoms with Gasteiger partial charge in [-0.2, -0.15) is 17.0 Å². The Morgan fingerprint density at radius 1 is 1.46 bits per heavy atom. The van der Waals surface area contributed by atoms with Crippen LogP contribution in [0.2, 0.25) is 0 Å². The first-order valence-corrected chi connectivity index (χ1v) is 6.09. The van der Waals surface area contributed by atoms with Crippen molar-refractivity contribution in [1.82, 2.24) is 5.32 Å². The summed E-state index contributed by atoms with van der Waals surface area (Å²) in [6, 6.07) is 2.82. The van der Waals surface area contributed by atoms with Gasteiger partial charge in [0.1, 0.15) is 5.54 Å². The third-order valence-corrected chi connectivity index (χ3v) is 3.75. The SMILES string of the molecule is CSC1CCCC1NC(C)(C)C#N. The Kier molecular flexibility index (Phi) is 3.63. The van der Waals surface area contributed by atoms with Gasteiger partial charge in [-0.15, -0.1) is 0 Å². The molecule has 1 saturated carbocycles. The van der Waals surface area contributed by atoms with Crippen LogP contribution in [-0.4, -0.2) is 23.1 Å². The predicted octanol–water partition coefficient (Wildman–Crippen LogP) is 2.16. The minimum atomic E-state index is -0.372. The highest BCUT2D eigenvalue weighted by Gasteiger charge is 2.30. The van der Waals surface area contributed by atoms with Gasteiger partial charge in [0.15, 0.2) is 0 Å². The Morgan fingerprint density at radius 3 is 2.69 bits per heavy atom. The second-order valence-corrected chi connectivity index (χ2v) is 5.27. The molecule has 0 aromatic carbocycles. The molecule has 1 N–H and O–H groups in total. The first-order valence-electron chi connectivity index (χ1n) is 4.81. The van der Waals surface area contributed by atoms with Gasteiger partial charge in [-0.1, -0.05) is 6.42 Å². The summed E-state index contributed by atoms with van der Waals surface area (Å²) in [7, 11) is 0. The predicted molar refractivity (Wildman–Crippen MR) is 57.8 cm³/mol. The fourth-order valence-electron chi connectivity index (χ4n) is 1.87. The first kappa shape index (κ1) is 10.9. The number of rotatable bonds is 3. The number of nitrogens with zero attached hydrogens (tertiary/aromatic N) is 1. The lowest BCUT2D eigenvalue weighted by Gasteiger charge is -2.26. The van der Waals surface area contributed by atoms with Gasteiger partial charge in [0.05, 0.1) is 6.07 Å². The van der Waals surface area contributed by atoms with Crippen molar-refractivity contribution in [2.75, 3.05) is 6.26 Å². The Labute approximate surface area is 85.1 Å². The van der Waals surface area contributed by atoms with Crippen LogP contribution in [0.3, 0.4) is 0 Å². The molecule has 1 aliphatic carbocycles. The number of hydrogen-bond donors (Lipinski definition) is 1. The van der Waals surface area contributed by atoms with Crippen molar-refractivity contribution in [2.45, 2.75) is 49.9 Å². The van der Waals surface area contributed by atoms with Gasteiger partial charge < -0.3 is 0 Å². The number of nitriles is 1. The van der Waals surface area contributed by atoms with E-state index in [9.17, 15) is 0 Å². The van der Waals surface area contributed by atoms with E-state index < -0.39 is 0 Å². The lowest BCUT2D eigenvalue weighted by atomic mass is 10.1. The highest BCUT2D eigenvalue weighted by atomic mass is 32.2. The number of thioether (sulfide) groups is 1. The highest BCUT2D eigenvalue weighted by Crippen LogP contribution is 2.29. The largest absolute Gasteiger partial charge is 0.296 e. The van der Waals surface area contributed by atoms with E-state index in [0.29, 0.717) is 11.3 Å². The quantitative estimate of drug-likeness (QED) is 0.755. The molecule has 0 aromatic heterocycles. The fraction of sp³-hybridized carbons (Fsp3) is 0.900. The minimum absolute atomic E-state index is 0.372. The van der Waals surface area contributed by atoms with Crippen LogP contribution in [-0.2, 0) is 0 Å². The second-order valence-electron chi connectivity index (χ2n) is 4.19. The highest BCUT2D eigenvalue weighted by molar-refractivity contribution is 7.99. The Morgan fingerprint density at radius 2 is 2.15 bits per heavy atom. The molecule has 0 amide bonds. The van der Waals surface area contributed by atoms with Crippen molar-refractivity contribution in [2.24, 2.45) is 0 Å². The Balaban J connectivity index is 2.49. The zero-order valence-corrected chi connectivity index (χ0v) is 9.45. The molecular formula is C10H18N2S. The fourth-order valence-corrected chi connectivity index (χ4v) is 2.80. The standard InChI is InChI=1S/C10H18N2S/c1-10(2,7-11)12-8-5-4-6-9(8)13-3/h8-9,12H,4-6H2,1-3H3. The zero-order chi connectivity index (χ0) is 9.90. The van der Waals surface area contributed by atoms with Crippen molar-refractivity contribution in [3.05, 3.63) is 0 Å². The molecule has 0 radical (unpaired) electrons. The maximum atomic E-state index is 8.89.